The Morgan fingerprint density at radius 1 is 0.509 bits per heavy atom. The molecule has 0 amide bonds. The van der Waals surface area contributed by atoms with Crippen LogP contribution in [0, 0.1) is 0 Å². The molecule has 3 heteroatoms. The van der Waals surface area contributed by atoms with Crippen LogP contribution < -0.4 is 4.90 Å². The Hall–Kier alpha value is -7.10. The molecular formula is C52H36N2O. The lowest BCUT2D eigenvalue weighted by molar-refractivity contribution is 0.672. The molecule has 260 valence electrons. The van der Waals surface area contributed by atoms with Gasteiger partial charge in [0.1, 0.15) is 11.2 Å². The third-order valence-corrected chi connectivity index (χ3v) is 11.2. The van der Waals surface area contributed by atoms with E-state index in [0.29, 0.717) is 0 Å². The highest BCUT2D eigenvalue weighted by molar-refractivity contribution is 6.19. The second-order valence-electron chi connectivity index (χ2n) is 14.4. The molecule has 1 aliphatic rings. The first kappa shape index (κ1) is 31.4. The number of allylic oxidation sites excluding steroid dienone is 1. The Morgan fingerprint density at radius 3 is 2.11 bits per heavy atom. The summed E-state index contributed by atoms with van der Waals surface area (Å²) in [6, 6.07) is 65.5. The van der Waals surface area contributed by atoms with Crippen molar-refractivity contribution in [1.29, 1.82) is 0 Å². The smallest absolute Gasteiger partial charge is 0.143 e. The molecule has 2 aromatic heterocycles. The summed E-state index contributed by atoms with van der Waals surface area (Å²) in [5, 5.41) is 5.79. The molecule has 8 aromatic carbocycles. The molecule has 0 N–H and O–H groups in total. The van der Waals surface area contributed by atoms with Gasteiger partial charge in [-0.2, -0.15) is 0 Å². The van der Waals surface area contributed by atoms with Gasteiger partial charge in [-0.1, -0.05) is 127 Å². The molecule has 10 aromatic rings. The van der Waals surface area contributed by atoms with Gasteiger partial charge in [-0.3, -0.25) is 0 Å². The summed E-state index contributed by atoms with van der Waals surface area (Å²) < 4.78 is 9.14. The minimum Gasteiger partial charge on any atom is -0.455 e. The van der Waals surface area contributed by atoms with Crippen LogP contribution in [-0.4, -0.2) is 4.57 Å². The zero-order valence-electron chi connectivity index (χ0n) is 30.2. The second kappa shape index (κ2) is 12.8. The van der Waals surface area contributed by atoms with Gasteiger partial charge < -0.3 is 13.9 Å². The lowest BCUT2D eigenvalue weighted by Gasteiger charge is -2.27. The molecule has 0 atom stereocenters. The Bertz CT molecular complexity index is 3080. The van der Waals surface area contributed by atoms with Gasteiger partial charge in [0.05, 0.1) is 16.6 Å². The number of anilines is 3. The SMILES string of the molecule is C1=Cc2c(n(-c3ccccc3)c3ccc(-c4cccc(N(c5ccc(-c6ccccc6)cc5)c5cccc6oc7c8ccccc8ccc7c56)c4)cc23)CC1. The Labute approximate surface area is 319 Å². The molecule has 0 saturated heterocycles. The van der Waals surface area contributed by atoms with E-state index in [1.54, 1.807) is 0 Å². The highest BCUT2D eigenvalue weighted by Crippen LogP contribution is 2.45. The number of aromatic nitrogens is 1. The van der Waals surface area contributed by atoms with E-state index in [0.717, 1.165) is 57.2 Å². The van der Waals surface area contributed by atoms with E-state index in [4.69, 9.17) is 4.42 Å². The zero-order chi connectivity index (χ0) is 36.3. The van der Waals surface area contributed by atoms with Gasteiger partial charge in [0.25, 0.3) is 0 Å². The van der Waals surface area contributed by atoms with Gasteiger partial charge in [0.15, 0.2) is 0 Å². The van der Waals surface area contributed by atoms with Gasteiger partial charge >= 0.3 is 0 Å². The first-order valence-electron chi connectivity index (χ1n) is 19.1. The zero-order valence-corrected chi connectivity index (χ0v) is 30.2. The van der Waals surface area contributed by atoms with Gasteiger partial charge in [-0.05, 0) is 107 Å². The van der Waals surface area contributed by atoms with Crippen molar-refractivity contribution in [3.63, 3.8) is 0 Å². The fraction of sp³-hybridized carbons (Fsp3) is 0.0385. The summed E-state index contributed by atoms with van der Waals surface area (Å²) in [5.74, 6) is 0. The van der Waals surface area contributed by atoms with E-state index < -0.39 is 0 Å². The quantitative estimate of drug-likeness (QED) is 0.172. The fourth-order valence-corrected chi connectivity index (χ4v) is 8.68. The number of para-hydroxylation sites is 1. The topological polar surface area (TPSA) is 21.3 Å². The minimum absolute atomic E-state index is 0.872. The average Bonchev–Trinajstić information content (AvgIpc) is 3.81. The van der Waals surface area contributed by atoms with Crippen LogP contribution in [0.4, 0.5) is 17.1 Å². The molecule has 2 heterocycles. The van der Waals surface area contributed by atoms with Crippen molar-refractivity contribution < 1.29 is 4.42 Å². The summed E-state index contributed by atoms with van der Waals surface area (Å²) in [6.07, 6.45) is 6.72. The Morgan fingerprint density at radius 2 is 1.24 bits per heavy atom. The van der Waals surface area contributed by atoms with Crippen molar-refractivity contribution in [3.8, 4) is 27.9 Å². The van der Waals surface area contributed by atoms with E-state index >= 15 is 0 Å². The molecular weight excluding hydrogens is 669 g/mol. The monoisotopic (exact) mass is 704 g/mol. The number of hydrogen-bond acceptors (Lipinski definition) is 2. The van der Waals surface area contributed by atoms with Gasteiger partial charge in [-0.25, -0.2) is 0 Å². The lowest BCUT2D eigenvalue weighted by Crippen LogP contribution is -2.10. The highest BCUT2D eigenvalue weighted by atomic mass is 16.3. The molecule has 55 heavy (non-hydrogen) atoms. The van der Waals surface area contributed by atoms with Crippen LogP contribution in [0.15, 0.2) is 192 Å². The fourth-order valence-electron chi connectivity index (χ4n) is 8.68. The standard InChI is InChI=1S/C52H36N2O/c1-3-13-35(14-4-1)36-25-29-41(30-26-36)53(49-23-12-24-50-51(49)45-31-27-37-15-7-8-20-43(37)52(45)55-50)42-19-11-16-38(33-42)39-28-32-48-46(34-39)44-21-9-10-22-47(44)54(48)40-17-5-2-6-18-40/h1-9,11-21,23-34H,10,22H2. The number of benzene rings is 8. The van der Waals surface area contributed by atoms with E-state index in [9.17, 15) is 0 Å². The number of furan rings is 1. The number of nitrogens with zero attached hydrogens (tertiary/aromatic N) is 2. The highest BCUT2D eigenvalue weighted by Gasteiger charge is 2.22. The number of fused-ring (bicyclic) bond motifs is 8. The summed E-state index contributed by atoms with van der Waals surface area (Å²) in [5.41, 5.74) is 14.9. The lowest BCUT2D eigenvalue weighted by atomic mass is 9.98. The van der Waals surface area contributed by atoms with Crippen molar-refractivity contribution in [2.75, 3.05) is 4.90 Å². The maximum absolute atomic E-state index is 6.68. The van der Waals surface area contributed by atoms with Crippen molar-refractivity contribution in [3.05, 3.63) is 199 Å². The summed E-state index contributed by atoms with van der Waals surface area (Å²) in [6.45, 7) is 0. The second-order valence-corrected chi connectivity index (χ2v) is 14.4. The van der Waals surface area contributed by atoms with Crippen LogP contribution in [-0.2, 0) is 6.42 Å². The van der Waals surface area contributed by atoms with Crippen LogP contribution in [0.1, 0.15) is 17.7 Å². The Balaban J connectivity index is 1.09. The van der Waals surface area contributed by atoms with Crippen molar-refractivity contribution in [2.24, 2.45) is 0 Å². The van der Waals surface area contributed by atoms with Crippen LogP contribution in [0.2, 0.25) is 0 Å². The predicted molar refractivity (Wildman–Crippen MR) is 231 cm³/mol. The summed E-state index contributed by atoms with van der Waals surface area (Å²) in [7, 11) is 0. The van der Waals surface area contributed by atoms with Crippen molar-refractivity contribution >= 4 is 66.8 Å². The van der Waals surface area contributed by atoms with Crippen LogP contribution in [0.3, 0.4) is 0 Å². The Kier molecular flexibility index (Phi) is 7.31. The molecule has 0 spiro atoms. The van der Waals surface area contributed by atoms with Crippen LogP contribution in [0.5, 0.6) is 0 Å². The van der Waals surface area contributed by atoms with Crippen LogP contribution >= 0.6 is 0 Å². The van der Waals surface area contributed by atoms with E-state index in [-0.39, 0.29) is 0 Å². The summed E-state index contributed by atoms with van der Waals surface area (Å²) in [4.78, 5) is 2.39. The first-order valence-corrected chi connectivity index (χ1v) is 19.1. The third-order valence-electron chi connectivity index (χ3n) is 11.2. The molecule has 11 rings (SSSR count). The molecule has 0 bridgehead atoms. The van der Waals surface area contributed by atoms with E-state index in [1.807, 2.05) is 0 Å². The number of hydrogen-bond donors (Lipinski definition) is 0. The summed E-state index contributed by atoms with van der Waals surface area (Å²) >= 11 is 0. The van der Waals surface area contributed by atoms with Crippen LogP contribution in [0.25, 0.3) is 77.6 Å². The van der Waals surface area contributed by atoms with E-state index in [2.05, 4.69) is 204 Å². The van der Waals surface area contributed by atoms with Gasteiger partial charge in [-0.15, -0.1) is 0 Å². The molecule has 1 aliphatic carbocycles. The minimum atomic E-state index is 0.872. The molecule has 0 unspecified atom stereocenters. The molecule has 0 aliphatic heterocycles. The average molecular weight is 705 g/mol. The van der Waals surface area contributed by atoms with Crippen molar-refractivity contribution in [1.82, 2.24) is 4.57 Å². The third kappa shape index (κ3) is 5.20. The largest absolute Gasteiger partial charge is 0.455 e. The number of rotatable bonds is 6. The first-order chi connectivity index (χ1) is 27.3. The molecule has 0 fully saturated rings. The van der Waals surface area contributed by atoms with E-state index in [1.165, 1.54) is 55.5 Å². The maximum Gasteiger partial charge on any atom is 0.143 e. The van der Waals surface area contributed by atoms with Crippen molar-refractivity contribution in [2.45, 2.75) is 12.8 Å². The molecule has 0 radical (unpaired) electrons. The normalized spacial score (nSPS) is 12.5. The molecule has 0 saturated carbocycles. The maximum atomic E-state index is 6.68. The van der Waals surface area contributed by atoms with Gasteiger partial charge in [0, 0.05) is 44.5 Å². The molecule has 3 nitrogen and oxygen atoms in total. The predicted octanol–water partition coefficient (Wildman–Crippen LogP) is 14.4. The van der Waals surface area contributed by atoms with Gasteiger partial charge in [0.2, 0.25) is 0 Å².